The molecule has 1 nitrogen and oxygen atoms in total. The summed E-state index contributed by atoms with van der Waals surface area (Å²) < 4.78 is 0. The van der Waals surface area contributed by atoms with Crippen molar-refractivity contribution in [2.45, 2.75) is 6.42 Å². The Hall–Kier alpha value is -2.56. The Labute approximate surface area is 126 Å². The highest BCUT2D eigenvalue weighted by Gasteiger charge is 2.03. The molecule has 0 bridgehead atoms. The van der Waals surface area contributed by atoms with Gasteiger partial charge in [-0.1, -0.05) is 73.0 Å². The highest BCUT2D eigenvalue weighted by Crippen LogP contribution is 2.22. The first-order valence-corrected chi connectivity index (χ1v) is 6.94. The quantitative estimate of drug-likeness (QED) is 0.658. The lowest BCUT2D eigenvalue weighted by molar-refractivity contribution is 0.303. The molecule has 0 amide bonds. The minimum absolute atomic E-state index is 0.121. The molecule has 0 fully saturated rings. The maximum Gasteiger partial charge on any atom is 0.0465 e. The minimum atomic E-state index is 0.121. The molecule has 2 aromatic carbocycles. The highest BCUT2D eigenvalue weighted by atomic mass is 16.2. The van der Waals surface area contributed by atoms with E-state index in [0.717, 1.165) is 22.3 Å². The van der Waals surface area contributed by atoms with Crippen molar-refractivity contribution in [1.29, 1.82) is 0 Å². The van der Waals surface area contributed by atoms with E-state index in [9.17, 15) is 0 Å². The average Bonchev–Trinajstić information content (AvgIpc) is 2.55. The topological polar surface area (TPSA) is 20.2 Å². The normalized spacial score (nSPS) is 10.6. The Balaban J connectivity index is 2.26. The summed E-state index contributed by atoms with van der Waals surface area (Å²) in [5, 5.41) is 9.04. The first-order chi connectivity index (χ1) is 10.3. The molecule has 21 heavy (non-hydrogen) atoms. The molecule has 0 heterocycles. The minimum Gasteiger partial charge on any atom is -0.396 e. The van der Waals surface area contributed by atoms with Gasteiger partial charge in [0.25, 0.3) is 0 Å². The van der Waals surface area contributed by atoms with Gasteiger partial charge < -0.3 is 5.11 Å². The third-order valence-corrected chi connectivity index (χ3v) is 3.02. The van der Waals surface area contributed by atoms with Crippen LogP contribution in [0.1, 0.15) is 17.5 Å². The summed E-state index contributed by atoms with van der Waals surface area (Å²) in [6.07, 6.45) is 2.58. The summed E-state index contributed by atoms with van der Waals surface area (Å²) in [7, 11) is 0. The lowest BCUT2D eigenvalue weighted by Gasteiger charge is -2.06. The fourth-order valence-corrected chi connectivity index (χ4v) is 1.98. The Bertz CT molecular complexity index is 670. The number of hydrogen-bond donors (Lipinski definition) is 1. The van der Waals surface area contributed by atoms with Crippen LogP contribution in [0.4, 0.5) is 0 Å². The van der Waals surface area contributed by atoms with Crippen LogP contribution >= 0.6 is 0 Å². The molecule has 0 saturated heterocycles. The molecule has 0 atom stereocenters. The number of benzene rings is 2. The fourth-order valence-electron chi connectivity index (χ4n) is 1.98. The standard InChI is InChI=1S/C20H18O/c1-17(14-15-18-9-4-2-5-10-18)20(13-8-16-21)19-11-6-3-7-12-19/h2-7,9-13,21H,1,8,16H2/b20-13+. The van der Waals surface area contributed by atoms with E-state index in [1.807, 2.05) is 66.7 Å². The molecule has 2 rings (SSSR count). The molecule has 0 unspecified atom stereocenters. The summed E-state index contributed by atoms with van der Waals surface area (Å²) in [6.45, 7) is 4.20. The maximum atomic E-state index is 9.04. The fraction of sp³-hybridized carbons (Fsp3) is 0.100. The molecular weight excluding hydrogens is 256 g/mol. The van der Waals surface area contributed by atoms with Crippen LogP contribution in [0.2, 0.25) is 0 Å². The highest BCUT2D eigenvalue weighted by molar-refractivity contribution is 5.83. The van der Waals surface area contributed by atoms with E-state index >= 15 is 0 Å². The number of rotatable bonds is 4. The number of aliphatic hydroxyl groups excluding tert-OH is 1. The predicted octanol–water partition coefficient (Wildman–Crippen LogP) is 4.06. The number of hydrogen-bond acceptors (Lipinski definition) is 1. The molecule has 0 aliphatic rings. The van der Waals surface area contributed by atoms with Crippen molar-refractivity contribution in [2.75, 3.05) is 6.61 Å². The average molecular weight is 274 g/mol. The summed E-state index contributed by atoms with van der Waals surface area (Å²) in [5.74, 6) is 6.23. The van der Waals surface area contributed by atoms with Gasteiger partial charge in [-0.2, -0.15) is 0 Å². The van der Waals surface area contributed by atoms with Crippen molar-refractivity contribution in [3.8, 4) is 11.8 Å². The smallest absolute Gasteiger partial charge is 0.0465 e. The van der Waals surface area contributed by atoms with Gasteiger partial charge in [-0.05, 0) is 29.7 Å². The molecule has 0 aliphatic carbocycles. The SMILES string of the molecule is C=C(C#Cc1ccccc1)/C(=C\CCO)c1ccccc1. The number of aliphatic hydroxyl groups is 1. The molecule has 0 aromatic heterocycles. The second kappa shape index (κ2) is 7.89. The molecule has 1 N–H and O–H groups in total. The zero-order chi connectivity index (χ0) is 14.9. The summed E-state index contributed by atoms with van der Waals surface area (Å²) >= 11 is 0. The molecule has 1 heteroatoms. The second-order valence-electron chi connectivity index (χ2n) is 4.59. The molecular formula is C20H18O. The van der Waals surface area contributed by atoms with Crippen molar-refractivity contribution in [3.63, 3.8) is 0 Å². The van der Waals surface area contributed by atoms with Crippen LogP contribution in [0.3, 0.4) is 0 Å². The van der Waals surface area contributed by atoms with Crippen LogP contribution in [0.15, 0.2) is 78.9 Å². The van der Waals surface area contributed by atoms with E-state index < -0.39 is 0 Å². The monoisotopic (exact) mass is 274 g/mol. The van der Waals surface area contributed by atoms with Crippen molar-refractivity contribution >= 4 is 5.57 Å². The van der Waals surface area contributed by atoms with E-state index in [2.05, 4.69) is 18.4 Å². The van der Waals surface area contributed by atoms with Gasteiger partial charge in [0.2, 0.25) is 0 Å². The summed E-state index contributed by atoms with van der Waals surface area (Å²) in [4.78, 5) is 0. The molecule has 104 valence electrons. The first-order valence-electron chi connectivity index (χ1n) is 6.94. The van der Waals surface area contributed by atoms with Crippen molar-refractivity contribution in [3.05, 3.63) is 90.0 Å². The van der Waals surface area contributed by atoms with Crippen LogP contribution in [-0.4, -0.2) is 11.7 Å². The predicted molar refractivity (Wildman–Crippen MR) is 88.6 cm³/mol. The summed E-state index contributed by atoms with van der Waals surface area (Å²) in [5.41, 5.74) is 3.78. The van der Waals surface area contributed by atoms with Gasteiger partial charge in [0, 0.05) is 17.7 Å². The van der Waals surface area contributed by atoms with E-state index in [0.29, 0.717) is 6.42 Å². The van der Waals surface area contributed by atoms with E-state index in [1.54, 1.807) is 0 Å². The van der Waals surface area contributed by atoms with Crippen LogP contribution in [0.5, 0.6) is 0 Å². The third-order valence-electron chi connectivity index (χ3n) is 3.02. The Morgan fingerprint density at radius 3 is 2.24 bits per heavy atom. The molecule has 0 saturated carbocycles. The van der Waals surface area contributed by atoms with Crippen LogP contribution in [0.25, 0.3) is 5.57 Å². The third kappa shape index (κ3) is 4.49. The Kier molecular flexibility index (Phi) is 5.58. The van der Waals surface area contributed by atoms with Gasteiger partial charge in [0.1, 0.15) is 0 Å². The Morgan fingerprint density at radius 1 is 1.00 bits per heavy atom. The lowest BCUT2D eigenvalue weighted by Crippen LogP contribution is -1.89. The first kappa shape index (κ1) is 14.8. The largest absolute Gasteiger partial charge is 0.396 e. The van der Waals surface area contributed by atoms with Gasteiger partial charge in [0.15, 0.2) is 0 Å². The van der Waals surface area contributed by atoms with Crippen molar-refractivity contribution < 1.29 is 5.11 Å². The molecule has 2 aromatic rings. The number of allylic oxidation sites excluding steroid dienone is 2. The van der Waals surface area contributed by atoms with Gasteiger partial charge in [0.05, 0.1) is 0 Å². The second-order valence-corrected chi connectivity index (χ2v) is 4.59. The van der Waals surface area contributed by atoms with Crippen LogP contribution in [0, 0.1) is 11.8 Å². The molecule has 0 spiro atoms. The Morgan fingerprint density at radius 2 is 1.62 bits per heavy atom. The lowest BCUT2D eigenvalue weighted by atomic mass is 9.98. The van der Waals surface area contributed by atoms with E-state index in [1.165, 1.54) is 0 Å². The zero-order valence-corrected chi connectivity index (χ0v) is 11.9. The van der Waals surface area contributed by atoms with Crippen LogP contribution < -0.4 is 0 Å². The van der Waals surface area contributed by atoms with E-state index in [-0.39, 0.29) is 6.61 Å². The summed E-state index contributed by atoms with van der Waals surface area (Å²) in [6, 6.07) is 19.8. The zero-order valence-electron chi connectivity index (χ0n) is 11.9. The van der Waals surface area contributed by atoms with Gasteiger partial charge in [-0.25, -0.2) is 0 Å². The van der Waals surface area contributed by atoms with Gasteiger partial charge in [-0.15, -0.1) is 0 Å². The van der Waals surface area contributed by atoms with Crippen LogP contribution in [-0.2, 0) is 0 Å². The molecule has 0 radical (unpaired) electrons. The maximum absolute atomic E-state index is 9.04. The van der Waals surface area contributed by atoms with E-state index in [4.69, 9.17) is 5.11 Å². The van der Waals surface area contributed by atoms with Crippen molar-refractivity contribution in [1.82, 2.24) is 0 Å². The van der Waals surface area contributed by atoms with Crippen molar-refractivity contribution in [2.24, 2.45) is 0 Å². The molecule has 0 aliphatic heterocycles. The van der Waals surface area contributed by atoms with Gasteiger partial charge in [-0.3, -0.25) is 0 Å². The van der Waals surface area contributed by atoms with Gasteiger partial charge >= 0.3 is 0 Å².